The van der Waals surface area contributed by atoms with Crippen molar-refractivity contribution in [1.82, 2.24) is 0 Å². The summed E-state index contributed by atoms with van der Waals surface area (Å²) in [6.45, 7) is 0.802. The fourth-order valence-electron chi connectivity index (χ4n) is 2.92. The number of unbranched alkanes of at least 4 members (excludes halogenated alkanes) is 1. The van der Waals surface area contributed by atoms with Crippen LogP contribution in [-0.2, 0) is 9.47 Å². The lowest BCUT2D eigenvalue weighted by Gasteiger charge is -2.27. The Morgan fingerprint density at radius 2 is 2.33 bits per heavy atom. The first-order chi connectivity index (χ1) is 7.30. The molecule has 84 valence electrons. The van der Waals surface area contributed by atoms with Crippen molar-refractivity contribution >= 4 is 0 Å². The van der Waals surface area contributed by atoms with Gasteiger partial charge < -0.3 is 9.47 Å². The summed E-state index contributed by atoms with van der Waals surface area (Å²) in [5.74, 6) is 0. The van der Waals surface area contributed by atoms with Gasteiger partial charge in [-0.2, -0.15) is 5.26 Å². The van der Waals surface area contributed by atoms with Crippen LogP contribution >= 0.6 is 0 Å². The lowest BCUT2D eigenvalue weighted by molar-refractivity contribution is 0.0746. The van der Waals surface area contributed by atoms with Crippen molar-refractivity contribution in [1.29, 1.82) is 5.26 Å². The zero-order valence-electron chi connectivity index (χ0n) is 9.37. The molecule has 2 heterocycles. The van der Waals surface area contributed by atoms with Crippen molar-refractivity contribution in [3.05, 3.63) is 0 Å². The number of methoxy groups -OCH3 is 1. The second-order valence-corrected chi connectivity index (χ2v) is 4.75. The van der Waals surface area contributed by atoms with E-state index in [-0.39, 0.29) is 11.5 Å². The number of hydrogen-bond donors (Lipinski definition) is 0. The maximum absolute atomic E-state index is 9.33. The van der Waals surface area contributed by atoms with Gasteiger partial charge in [0.25, 0.3) is 0 Å². The quantitative estimate of drug-likeness (QED) is 0.652. The minimum Gasteiger partial charge on any atom is -0.385 e. The number of nitrogens with zero attached hydrogens (tertiary/aromatic N) is 1. The van der Waals surface area contributed by atoms with E-state index in [0.717, 1.165) is 45.1 Å². The summed E-state index contributed by atoms with van der Waals surface area (Å²) in [4.78, 5) is 0. The minimum atomic E-state index is -0.170. The van der Waals surface area contributed by atoms with Crippen molar-refractivity contribution in [2.45, 2.75) is 50.7 Å². The molecular formula is C12H19NO2. The fourth-order valence-corrected chi connectivity index (χ4v) is 2.92. The first-order valence-corrected chi connectivity index (χ1v) is 5.86. The van der Waals surface area contributed by atoms with E-state index in [1.807, 2.05) is 0 Å². The summed E-state index contributed by atoms with van der Waals surface area (Å²) in [5.41, 5.74) is -0.170. The number of rotatable bonds is 5. The van der Waals surface area contributed by atoms with Crippen LogP contribution in [0.15, 0.2) is 0 Å². The second kappa shape index (κ2) is 4.51. The summed E-state index contributed by atoms with van der Waals surface area (Å²) in [5, 5.41) is 9.33. The molecule has 2 rings (SSSR count). The Bertz CT molecular complexity index is 261. The molecule has 3 heteroatoms. The summed E-state index contributed by atoms with van der Waals surface area (Å²) in [6, 6.07) is 2.52. The molecule has 2 fully saturated rings. The highest BCUT2D eigenvalue weighted by Crippen LogP contribution is 2.50. The van der Waals surface area contributed by atoms with Gasteiger partial charge in [0, 0.05) is 13.7 Å². The highest BCUT2D eigenvalue weighted by atomic mass is 16.5. The van der Waals surface area contributed by atoms with E-state index in [1.165, 1.54) is 0 Å². The third kappa shape index (κ3) is 2.02. The zero-order valence-corrected chi connectivity index (χ0v) is 9.37. The van der Waals surface area contributed by atoms with E-state index < -0.39 is 0 Å². The van der Waals surface area contributed by atoms with Gasteiger partial charge in [0.15, 0.2) is 0 Å². The van der Waals surface area contributed by atoms with Crippen LogP contribution in [0.25, 0.3) is 0 Å². The molecule has 0 spiro atoms. The first kappa shape index (κ1) is 10.9. The Morgan fingerprint density at radius 3 is 2.87 bits per heavy atom. The van der Waals surface area contributed by atoms with Gasteiger partial charge in [0.1, 0.15) is 0 Å². The molecule has 3 unspecified atom stereocenters. The van der Waals surface area contributed by atoms with Crippen molar-refractivity contribution in [3.63, 3.8) is 0 Å². The van der Waals surface area contributed by atoms with Crippen LogP contribution in [0.5, 0.6) is 0 Å². The maximum atomic E-state index is 9.33. The average Bonchev–Trinajstić information content (AvgIpc) is 2.85. The molecule has 15 heavy (non-hydrogen) atoms. The van der Waals surface area contributed by atoms with Crippen LogP contribution in [0.3, 0.4) is 0 Å². The molecule has 2 saturated heterocycles. The zero-order chi connectivity index (χ0) is 10.7. The Hall–Kier alpha value is -0.590. The lowest BCUT2D eigenvalue weighted by atomic mass is 9.72. The van der Waals surface area contributed by atoms with Crippen LogP contribution in [0.4, 0.5) is 0 Å². The molecule has 0 radical (unpaired) electrons. The van der Waals surface area contributed by atoms with Crippen molar-refractivity contribution < 1.29 is 9.47 Å². The monoisotopic (exact) mass is 209 g/mol. The Labute approximate surface area is 91.4 Å². The Balaban J connectivity index is 1.85. The van der Waals surface area contributed by atoms with E-state index in [1.54, 1.807) is 7.11 Å². The van der Waals surface area contributed by atoms with Gasteiger partial charge in [-0.05, 0) is 38.5 Å². The third-order valence-corrected chi connectivity index (χ3v) is 3.76. The molecule has 3 atom stereocenters. The Kier molecular flexibility index (Phi) is 3.28. The van der Waals surface area contributed by atoms with Gasteiger partial charge in [-0.25, -0.2) is 0 Å². The maximum Gasteiger partial charge on any atom is 0.0859 e. The van der Waals surface area contributed by atoms with Gasteiger partial charge in [-0.3, -0.25) is 0 Å². The van der Waals surface area contributed by atoms with Gasteiger partial charge in [-0.1, -0.05) is 0 Å². The predicted octanol–water partition coefficient (Wildman–Crippen LogP) is 2.26. The second-order valence-electron chi connectivity index (χ2n) is 4.75. The fraction of sp³-hybridized carbons (Fsp3) is 0.917. The minimum absolute atomic E-state index is 0.170. The summed E-state index contributed by atoms with van der Waals surface area (Å²) >= 11 is 0. The summed E-state index contributed by atoms with van der Waals surface area (Å²) in [6.07, 6.45) is 6.90. The number of fused-ring (bicyclic) bond motifs is 2. The molecule has 2 bridgehead atoms. The van der Waals surface area contributed by atoms with Gasteiger partial charge in [-0.15, -0.1) is 0 Å². The Morgan fingerprint density at radius 1 is 1.47 bits per heavy atom. The van der Waals surface area contributed by atoms with E-state index in [0.29, 0.717) is 6.10 Å². The van der Waals surface area contributed by atoms with Crippen molar-refractivity contribution in [2.24, 2.45) is 5.41 Å². The lowest BCUT2D eigenvalue weighted by Crippen LogP contribution is -2.30. The standard InChI is InChI=1S/C12H19NO2/c1-14-7-3-2-6-12(9-13)8-10-4-5-11(12)15-10/h10-11H,2-8H2,1H3. The van der Waals surface area contributed by atoms with Gasteiger partial charge >= 0.3 is 0 Å². The van der Waals surface area contributed by atoms with Gasteiger partial charge in [0.2, 0.25) is 0 Å². The van der Waals surface area contributed by atoms with Gasteiger partial charge in [0.05, 0.1) is 23.7 Å². The summed E-state index contributed by atoms with van der Waals surface area (Å²) in [7, 11) is 1.72. The van der Waals surface area contributed by atoms with E-state index in [9.17, 15) is 5.26 Å². The molecule has 2 aliphatic rings. The van der Waals surface area contributed by atoms with Crippen LogP contribution in [0.2, 0.25) is 0 Å². The number of ether oxygens (including phenoxy) is 2. The van der Waals surface area contributed by atoms with Crippen LogP contribution in [0, 0.1) is 16.7 Å². The molecular weight excluding hydrogens is 190 g/mol. The number of nitriles is 1. The third-order valence-electron chi connectivity index (χ3n) is 3.76. The SMILES string of the molecule is COCCCCC1(C#N)CC2CCC1O2. The summed E-state index contributed by atoms with van der Waals surface area (Å²) < 4.78 is 10.8. The average molecular weight is 209 g/mol. The topological polar surface area (TPSA) is 42.2 Å². The highest BCUT2D eigenvalue weighted by molar-refractivity contribution is 5.12. The highest BCUT2D eigenvalue weighted by Gasteiger charge is 2.52. The van der Waals surface area contributed by atoms with Crippen LogP contribution in [0.1, 0.15) is 38.5 Å². The normalized spacial score (nSPS) is 38.1. The van der Waals surface area contributed by atoms with E-state index in [4.69, 9.17) is 9.47 Å². The molecule has 0 saturated carbocycles. The molecule has 0 aromatic rings. The first-order valence-electron chi connectivity index (χ1n) is 5.86. The smallest absolute Gasteiger partial charge is 0.0859 e. The molecule has 0 aromatic heterocycles. The van der Waals surface area contributed by atoms with Crippen molar-refractivity contribution in [3.8, 4) is 6.07 Å². The predicted molar refractivity (Wildman–Crippen MR) is 56.3 cm³/mol. The molecule has 0 N–H and O–H groups in total. The molecule has 2 aliphatic heterocycles. The molecule has 0 aliphatic carbocycles. The molecule has 0 amide bonds. The largest absolute Gasteiger partial charge is 0.385 e. The molecule has 3 nitrogen and oxygen atoms in total. The number of hydrogen-bond acceptors (Lipinski definition) is 3. The molecule has 0 aromatic carbocycles. The van der Waals surface area contributed by atoms with Crippen LogP contribution < -0.4 is 0 Å². The van der Waals surface area contributed by atoms with E-state index in [2.05, 4.69) is 6.07 Å². The van der Waals surface area contributed by atoms with E-state index >= 15 is 0 Å². The van der Waals surface area contributed by atoms with Crippen LogP contribution in [-0.4, -0.2) is 25.9 Å². The van der Waals surface area contributed by atoms with Crippen molar-refractivity contribution in [2.75, 3.05) is 13.7 Å².